The van der Waals surface area contributed by atoms with Gasteiger partial charge in [0, 0.05) is 18.8 Å². The van der Waals surface area contributed by atoms with E-state index in [4.69, 9.17) is 9.47 Å². The van der Waals surface area contributed by atoms with Crippen molar-refractivity contribution in [3.63, 3.8) is 0 Å². The molecule has 0 unspecified atom stereocenters. The van der Waals surface area contributed by atoms with Gasteiger partial charge < -0.3 is 14.4 Å². The number of nitrogens with zero attached hydrogens (tertiary/aromatic N) is 1. The van der Waals surface area contributed by atoms with Crippen molar-refractivity contribution in [3.8, 4) is 5.75 Å². The number of rotatable bonds is 7. The molecule has 0 radical (unpaired) electrons. The van der Waals surface area contributed by atoms with Crippen molar-refractivity contribution in [2.45, 2.75) is 24.7 Å². The maximum absolute atomic E-state index is 12.9. The zero-order valence-electron chi connectivity index (χ0n) is 16.9. The number of methoxy groups -OCH3 is 1. The van der Waals surface area contributed by atoms with Gasteiger partial charge in [-0.15, -0.1) is 0 Å². The van der Waals surface area contributed by atoms with Crippen molar-refractivity contribution in [2.24, 2.45) is 0 Å². The highest BCUT2D eigenvalue weighted by Gasteiger charge is 2.25. The van der Waals surface area contributed by atoms with Crippen LogP contribution in [0, 0.1) is 0 Å². The standard InChI is InChI=1S/C21H24N2O6S/c1-3-29-21(25)15-6-8-16(9-7-15)22-30(26,27)17-10-11-19(28-2)18(14-17)20(24)23-12-4-5-13-23/h6-11,14,22H,3-5,12-13H2,1-2H3. The van der Waals surface area contributed by atoms with Gasteiger partial charge >= 0.3 is 5.97 Å². The van der Waals surface area contributed by atoms with Gasteiger partial charge in [0.05, 0.1) is 29.7 Å². The maximum Gasteiger partial charge on any atom is 0.338 e. The van der Waals surface area contributed by atoms with Gasteiger partial charge in [0.1, 0.15) is 5.75 Å². The van der Waals surface area contributed by atoms with Crippen LogP contribution in [0.15, 0.2) is 47.4 Å². The lowest BCUT2D eigenvalue weighted by Gasteiger charge is -2.18. The molecule has 3 rings (SSSR count). The van der Waals surface area contributed by atoms with Crippen molar-refractivity contribution < 1.29 is 27.5 Å². The lowest BCUT2D eigenvalue weighted by atomic mass is 10.1. The van der Waals surface area contributed by atoms with E-state index >= 15 is 0 Å². The highest BCUT2D eigenvalue weighted by Crippen LogP contribution is 2.26. The van der Waals surface area contributed by atoms with Crippen molar-refractivity contribution in [2.75, 3.05) is 31.5 Å². The Morgan fingerprint density at radius 1 is 1.07 bits per heavy atom. The summed E-state index contributed by atoms with van der Waals surface area (Å²) in [6.07, 6.45) is 1.85. The van der Waals surface area contributed by atoms with E-state index in [1.54, 1.807) is 11.8 Å². The fourth-order valence-corrected chi connectivity index (χ4v) is 4.30. The quantitative estimate of drug-likeness (QED) is 0.675. The van der Waals surface area contributed by atoms with Gasteiger partial charge in [-0.2, -0.15) is 0 Å². The number of amides is 1. The normalized spacial score (nSPS) is 13.7. The van der Waals surface area contributed by atoms with E-state index in [1.807, 2.05) is 0 Å². The molecule has 30 heavy (non-hydrogen) atoms. The molecule has 1 amide bonds. The first-order valence-corrected chi connectivity index (χ1v) is 11.1. The van der Waals surface area contributed by atoms with Crippen molar-refractivity contribution in [3.05, 3.63) is 53.6 Å². The lowest BCUT2D eigenvalue weighted by molar-refractivity contribution is 0.0526. The first kappa shape index (κ1) is 21.6. The molecule has 160 valence electrons. The van der Waals surface area contributed by atoms with E-state index in [0.717, 1.165) is 12.8 Å². The Hall–Kier alpha value is -3.07. The van der Waals surface area contributed by atoms with Crippen LogP contribution in [0.5, 0.6) is 5.75 Å². The molecule has 1 N–H and O–H groups in total. The van der Waals surface area contributed by atoms with Gasteiger partial charge in [-0.3, -0.25) is 9.52 Å². The summed E-state index contributed by atoms with van der Waals surface area (Å²) in [5, 5.41) is 0. The second-order valence-corrected chi connectivity index (χ2v) is 8.45. The fourth-order valence-electron chi connectivity index (χ4n) is 3.21. The summed E-state index contributed by atoms with van der Waals surface area (Å²) < 4.78 is 38.3. The van der Waals surface area contributed by atoms with Crippen LogP contribution >= 0.6 is 0 Å². The van der Waals surface area contributed by atoms with E-state index in [9.17, 15) is 18.0 Å². The van der Waals surface area contributed by atoms with Crippen molar-refractivity contribution >= 4 is 27.6 Å². The second kappa shape index (κ2) is 9.17. The third kappa shape index (κ3) is 4.73. The number of sulfonamides is 1. The smallest absolute Gasteiger partial charge is 0.338 e. The van der Waals surface area contributed by atoms with Crippen molar-refractivity contribution in [1.82, 2.24) is 4.90 Å². The molecule has 0 bridgehead atoms. The van der Waals surface area contributed by atoms with Crippen LogP contribution in [-0.2, 0) is 14.8 Å². The number of hydrogen-bond donors (Lipinski definition) is 1. The Morgan fingerprint density at radius 2 is 1.73 bits per heavy atom. The molecule has 1 heterocycles. The summed E-state index contributed by atoms with van der Waals surface area (Å²) >= 11 is 0. The minimum absolute atomic E-state index is 0.0553. The summed E-state index contributed by atoms with van der Waals surface area (Å²) in [5.74, 6) is -0.406. The molecule has 2 aromatic carbocycles. The van der Waals surface area contributed by atoms with E-state index < -0.39 is 16.0 Å². The minimum Gasteiger partial charge on any atom is -0.496 e. The predicted molar refractivity (Wildman–Crippen MR) is 111 cm³/mol. The first-order valence-electron chi connectivity index (χ1n) is 9.63. The average Bonchev–Trinajstić information content (AvgIpc) is 3.28. The van der Waals surface area contributed by atoms with Crippen LogP contribution < -0.4 is 9.46 Å². The topological polar surface area (TPSA) is 102 Å². The Morgan fingerprint density at radius 3 is 2.33 bits per heavy atom. The van der Waals surface area contributed by atoms with Crippen LogP contribution in [0.4, 0.5) is 5.69 Å². The van der Waals surface area contributed by atoms with Gasteiger partial charge in [-0.25, -0.2) is 13.2 Å². The predicted octanol–water partition coefficient (Wildman–Crippen LogP) is 2.91. The van der Waals surface area contributed by atoms with Crippen LogP contribution in [0.25, 0.3) is 0 Å². The van der Waals surface area contributed by atoms with Gasteiger partial charge in [-0.1, -0.05) is 0 Å². The molecule has 8 nitrogen and oxygen atoms in total. The molecule has 0 saturated carbocycles. The molecule has 1 saturated heterocycles. The maximum atomic E-state index is 12.9. The number of esters is 1. The number of ether oxygens (including phenoxy) is 2. The van der Waals surface area contributed by atoms with Gasteiger partial charge in [0.15, 0.2) is 0 Å². The Bertz CT molecular complexity index is 1030. The molecule has 1 fully saturated rings. The highest BCUT2D eigenvalue weighted by molar-refractivity contribution is 7.92. The minimum atomic E-state index is -3.95. The number of carbonyl (C=O) groups excluding carboxylic acids is 2. The van der Waals surface area contributed by atoms with Crippen LogP contribution in [0.3, 0.4) is 0 Å². The van der Waals surface area contributed by atoms with Crippen LogP contribution in [-0.4, -0.2) is 52.0 Å². The Balaban J connectivity index is 1.84. The fraction of sp³-hybridized carbons (Fsp3) is 0.333. The Kier molecular flexibility index (Phi) is 6.61. The first-order chi connectivity index (χ1) is 14.4. The number of nitrogens with one attached hydrogen (secondary N) is 1. The SMILES string of the molecule is CCOC(=O)c1ccc(NS(=O)(=O)c2ccc(OC)c(C(=O)N3CCCC3)c2)cc1. The van der Waals surface area contributed by atoms with E-state index in [2.05, 4.69) is 4.72 Å². The third-order valence-electron chi connectivity index (χ3n) is 4.75. The number of carbonyl (C=O) groups is 2. The van der Waals surface area contributed by atoms with E-state index in [-0.39, 0.29) is 28.7 Å². The van der Waals surface area contributed by atoms with Gasteiger partial charge in [-0.05, 0) is 62.2 Å². The van der Waals surface area contributed by atoms with Crippen LogP contribution in [0.1, 0.15) is 40.5 Å². The number of benzene rings is 2. The largest absolute Gasteiger partial charge is 0.496 e. The molecule has 9 heteroatoms. The Labute approximate surface area is 175 Å². The molecule has 1 aliphatic heterocycles. The molecular formula is C21H24N2O6S. The van der Waals surface area contributed by atoms with Gasteiger partial charge in [0.2, 0.25) is 0 Å². The lowest BCUT2D eigenvalue weighted by Crippen LogP contribution is -2.28. The number of anilines is 1. The summed E-state index contributed by atoms with van der Waals surface area (Å²) in [4.78, 5) is 26.2. The summed E-state index contributed by atoms with van der Waals surface area (Å²) in [5.41, 5.74) is 0.814. The molecule has 0 spiro atoms. The van der Waals surface area contributed by atoms with Crippen LogP contribution in [0.2, 0.25) is 0 Å². The monoisotopic (exact) mass is 432 g/mol. The molecule has 2 aromatic rings. The molecule has 0 aliphatic carbocycles. The number of likely N-dealkylation sites (tertiary alicyclic amines) is 1. The van der Waals surface area contributed by atoms with E-state index in [0.29, 0.717) is 24.4 Å². The highest BCUT2D eigenvalue weighted by atomic mass is 32.2. The van der Waals surface area contributed by atoms with Crippen molar-refractivity contribution in [1.29, 1.82) is 0 Å². The summed E-state index contributed by atoms with van der Waals surface area (Å²) in [6, 6.07) is 10.1. The van der Waals surface area contributed by atoms with E-state index in [1.165, 1.54) is 49.6 Å². The zero-order valence-corrected chi connectivity index (χ0v) is 17.7. The summed E-state index contributed by atoms with van der Waals surface area (Å²) in [6.45, 7) is 3.25. The summed E-state index contributed by atoms with van der Waals surface area (Å²) in [7, 11) is -2.52. The number of hydrogen-bond acceptors (Lipinski definition) is 6. The molecule has 0 atom stereocenters. The second-order valence-electron chi connectivity index (χ2n) is 6.76. The molecular weight excluding hydrogens is 408 g/mol. The average molecular weight is 432 g/mol. The molecule has 0 aromatic heterocycles. The molecule has 1 aliphatic rings. The third-order valence-corrected chi connectivity index (χ3v) is 6.13. The van der Waals surface area contributed by atoms with Gasteiger partial charge in [0.25, 0.3) is 15.9 Å². The zero-order chi connectivity index (χ0) is 21.7.